The third-order valence-corrected chi connectivity index (χ3v) is 6.04. The van der Waals surface area contributed by atoms with Crippen molar-refractivity contribution in [3.05, 3.63) is 58.4 Å². The van der Waals surface area contributed by atoms with Gasteiger partial charge < -0.3 is 25.4 Å². The number of allylic oxidation sites excluding steroid dienone is 1. The zero-order valence-corrected chi connectivity index (χ0v) is 18.6. The van der Waals surface area contributed by atoms with E-state index in [4.69, 9.17) is 4.74 Å². The number of aryl methyl sites for hydroxylation is 2. The van der Waals surface area contributed by atoms with Gasteiger partial charge in [-0.15, -0.1) is 0 Å². The van der Waals surface area contributed by atoms with E-state index in [2.05, 4.69) is 37.4 Å². The van der Waals surface area contributed by atoms with Crippen LogP contribution in [-0.4, -0.2) is 54.8 Å². The SMILES string of the molecule is Cc1cccc(C)c1CCOCCCCCCNCC1(CO)C=CC(O)=C(CO)C1. The lowest BCUT2D eigenvalue weighted by Gasteiger charge is -2.32. The topological polar surface area (TPSA) is 82.0 Å². The first-order chi connectivity index (χ1) is 14.5. The number of hydrogen-bond donors (Lipinski definition) is 4. The Bertz CT molecular complexity index is 693. The predicted octanol–water partition coefficient (Wildman–Crippen LogP) is 3.76. The van der Waals surface area contributed by atoms with Crippen LogP contribution in [0.2, 0.25) is 0 Å². The van der Waals surface area contributed by atoms with Gasteiger partial charge in [0.05, 0.1) is 19.8 Å². The van der Waals surface area contributed by atoms with E-state index in [1.807, 2.05) is 6.08 Å². The summed E-state index contributed by atoms with van der Waals surface area (Å²) in [7, 11) is 0. The summed E-state index contributed by atoms with van der Waals surface area (Å²) in [6.45, 7) is 7.27. The lowest BCUT2D eigenvalue weighted by atomic mass is 9.78. The van der Waals surface area contributed by atoms with E-state index >= 15 is 0 Å². The molecule has 0 aromatic heterocycles. The van der Waals surface area contributed by atoms with Gasteiger partial charge in [0.2, 0.25) is 0 Å². The van der Waals surface area contributed by atoms with E-state index in [1.54, 1.807) is 6.08 Å². The lowest BCUT2D eigenvalue weighted by molar-refractivity contribution is 0.132. The molecule has 0 fully saturated rings. The Kier molecular flexibility index (Phi) is 10.6. The summed E-state index contributed by atoms with van der Waals surface area (Å²) >= 11 is 0. The van der Waals surface area contributed by atoms with Gasteiger partial charge in [-0.2, -0.15) is 0 Å². The van der Waals surface area contributed by atoms with Gasteiger partial charge in [0.25, 0.3) is 0 Å². The Balaban J connectivity index is 1.50. The van der Waals surface area contributed by atoms with Gasteiger partial charge in [0.15, 0.2) is 0 Å². The Morgan fingerprint density at radius 2 is 1.77 bits per heavy atom. The summed E-state index contributed by atoms with van der Waals surface area (Å²) in [6.07, 6.45) is 9.38. The number of nitrogens with one attached hydrogen (secondary N) is 1. The van der Waals surface area contributed by atoms with Crippen molar-refractivity contribution in [1.29, 1.82) is 0 Å². The van der Waals surface area contributed by atoms with E-state index in [0.717, 1.165) is 51.9 Å². The zero-order valence-electron chi connectivity index (χ0n) is 18.6. The Labute approximate surface area is 181 Å². The molecule has 168 valence electrons. The number of aliphatic hydroxyl groups excluding tert-OH is 3. The molecule has 1 aromatic carbocycles. The standard InChI is InChI=1S/C25H39NO4/c1-20-8-7-9-21(2)23(20)11-15-30-14-6-4-3-5-13-26-18-25(19-28)12-10-24(29)22(16-25)17-27/h7-10,12,26-29H,3-6,11,13-19H2,1-2H3. The van der Waals surface area contributed by atoms with Gasteiger partial charge in [0.1, 0.15) is 5.76 Å². The number of aliphatic hydroxyl groups is 3. The van der Waals surface area contributed by atoms with Crippen LogP contribution in [0.3, 0.4) is 0 Å². The van der Waals surface area contributed by atoms with Gasteiger partial charge in [-0.25, -0.2) is 0 Å². The molecular formula is C25H39NO4. The minimum absolute atomic E-state index is 0.00729. The highest BCUT2D eigenvalue weighted by atomic mass is 16.5. The fourth-order valence-corrected chi connectivity index (χ4v) is 4.04. The fourth-order valence-electron chi connectivity index (χ4n) is 4.04. The molecule has 1 aliphatic carbocycles. The normalized spacial score (nSPS) is 18.9. The molecule has 1 unspecified atom stereocenters. The van der Waals surface area contributed by atoms with E-state index in [9.17, 15) is 15.3 Å². The molecule has 0 radical (unpaired) electrons. The quantitative estimate of drug-likeness (QED) is 0.347. The van der Waals surface area contributed by atoms with Crippen LogP contribution in [0.15, 0.2) is 41.7 Å². The number of ether oxygens (including phenoxy) is 1. The third kappa shape index (κ3) is 7.55. The van der Waals surface area contributed by atoms with Crippen LogP contribution in [0, 0.1) is 19.3 Å². The second kappa shape index (κ2) is 12.9. The summed E-state index contributed by atoms with van der Waals surface area (Å²) < 4.78 is 5.82. The van der Waals surface area contributed by atoms with E-state index in [1.165, 1.54) is 16.7 Å². The molecule has 2 rings (SSSR count). The maximum atomic E-state index is 9.80. The van der Waals surface area contributed by atoms with Crippen molar-refractivity contribution >= 4 is 0 Å². The first-order valence-corrected chi connectivity index (χ1v) is 11.2. The van der Waals surface area contributed by atoms with Crippen LogP contribution in [0.4, 0.5) is 0 Å². The summed E-state index contributed by atoms with van der Waals surface area (Å²) in [4.78, 5) is 0. The summed E-state index contributed by atoms with van der Waals surface area (Å²) in [5.41, 5.74) is 4.25. The predicted molar refractivity (Wildman–Crippen MR) is 122 cm³/mol. The fraction of sp³-hybridized carbons (Fsp3) is 0.600. The van der Waals surface area contributed by atoms with Crippen molar-refractivity contribution in [2.24, 2.45) is 5.41 Å². The maximum absolute atomic E-state index is 9.80. The van der Waals surface area contributed by atoms with Gasteiger partial charge in [-0.1, -0.05) is 37.1 Å². The minimum Gasteiger partial charge on any atom is -0.508 e. The molecule has 5 nitrogen and oxygen atoms in total. The van der Waals surface area contributed by atoms with Crippen molar-refractivity contribution in [3.8, 4) is 0 Å². The Morgan fingerprint density at radius 1 is 1.03 bits per heavy atom. The number of benzene rings is 1. The first-order valence-electron chi connectivity index (χ1n) is 11.2. The average molecular weight is 418 g/mol. The van der Waals surface area contributed by atoms with Crippen LogP contribution in [0.25, 0.3) is 0 Å². The second-order valence-electron chi connectivity index (χ2n) is 8.50. The number of hydrogen-bond acceptors (Lipinski definition) is 5. The van der Waals surface area contributed by atoms with Crippen LogP contribution in [-0.2, 0) is 11.2 Å². The molecule has 0 aliphatic heterocycles. The molecule has 4 N–H and O–H groups in total. The molecule has 0 saturated heterocycles. The maximum Gasteiger partial charge on any atom is 0.116 e. The molecule has 5 heteroatoms. The summed E-state index contributed by atoms with van der Waals surface area (Å²) in [5, 5.41) is 32.3. The zero-order chi connectivity index (χ0) is 21.8. The molecule has 0 heterocycles. The molecule has 0 bridgehead atoms. The van der Waals surface area contributed by atoms with Crippen molar-refractivity contribution in [2.75, 3.05) is 39.5 Å². The molecule has 1 aromatic rings. The van der Waals surface area contributed by atoms with Crippen LogP contribution < -0.4 is 5.32 Å². The molecule has 30 heavy (non-hydrogen) atoms. The molecule has 0 amide bonds. The van der Waals surface area contributed by atoms with Crippen molar-refractivity contribution in [3.63, 3.8) is 0 Å². The molecule has 1 aliphatic rings. The van der Waals surface area contributed by atoms with Crippen LogP contribution in [0.1, 0.15) is 48.8 Å². The van der Waals surface area contributed by atoms with Crippen molar-refractivity contribution in [2.45, 2.75) is 52.4 Å². The first kappa shape index (κ1) is 24.6. The second-order valence-corrected chi connectivity index (χ2v) is 8.50. The van der Waals surface area contributed by atoms with E-state index in [-0.39, 0.29) is 19.0 Å². The molecule has 0 saturated carbocycles. The molecule has 1 atom stereocenters. The smallest absolute Gasteiger partial charge is 0.116 e. The Hall–Kier alpha value is -1.66. The highest BCUT2D eigenvalue weighted by Gasteiger charge is 2.31. The van der Waals surface area contributed by atoms with Crippen molar-refractivity contribution in [1.82, 2.24) is 5.32 Å². The average Bonchev–Trinajstić information content (AvgIpc) is 2.75. The number of unbranched alkanes of at least 4 members (excludes halogenated alkanes) is 3. The van der Waals surface area contributed by atoms with Gasteiger partial charge in [-0.3, -0.25) is 0 Å². The molecule has 0 spiro atoms. The van der Waals surface area contributed by atoms with E-state index < -0.39 is 5.41 Å². The van der Waals surface area contributed by atoms with Crippen molar-refractivity contribution < 1.29 is 20.1 Å². The highest BCUT2D eigenvalue weighted by Crippen LogP contribution is 2.32. The van der Waals surface area contributed by atoms with Crippen LogP contribution in [0.5, 0.6) is 0 Å². The van der Waals surface area contributed by atoms with Crippen LogP contribution >= 0.6 is 0 Å². The summed E-state index contributed by atoms with van der Waals surface area (Å²) in [6, 6.07) is 6.43. The largest absolute Gasteiger partial charge is 0.508 e. The number of rotatable bonds is 14. The van der Waals surface area contributed by atoms with Gasteiger partial charge in [0, 0.05) is 18.6 Å². The van der Waals surface area contributed by atoms with Gasteiger partial charge in [-0.05, 0) is 74.4 Å². The van der Waals surface area contributed by atoms with E-state index in [0.29, 0.717) is 18.5 Å². The third-order valence-electron chi connectivity index (χ3n) is 6.04. The lowest BCUT2D eigenvalue weighted by Crippen LogP contribution is -2.38. The monoisotopic (exact) mass is 417 g/mol. The highest BCUT2D eigenvalue weighted by molar-refractivity contribution is 5.33. The molecular weight excluding hydrogens is 378 g/mol. The Morgan fingerprint density at radius 3 is 2.47 bits per heavy atom. The van der Waals surface area contributed by atoms with Gasteiger partial charge >= 0.3 is 0 Å². The summed E-state index contributed by atoms with van der Waals surface area (Å²) in [5.74, 6) is 0.123. The minimum atomic E-state index is -0.437.